The van der Waals surface area contributed by atoms with Gasteiger partial charge in [-0.1, -0.05) is 91.0 Å². The molecule has 0 spiro atoms. The fraction of sp³-hybridized carbons (Fsp3) is 0. The lowest BCUT2D eigenvalue weighted by molar-refractivity contribution is 0.581. The van der Waals surface area contributed by atoms with Gasteiger partial charge in [0.25, 0.3) is 0 Å². The third-order valence-corrected chi connectivity index (χ3v) is 9.76. The van der Waals surface area contributed by atoms with Gasteiger partial charge in [-0.25, -0.2) is 42.5 Å². The maximum Gasteiger partial charge on any atom is 0.164 e. The highest BCUT2D eigenvalue weighted by Gasteiger charge is 2.20. The predicted molar refractivity (Wildman–Crippen MR) is 216 cm³/mol. The van der Waals surface area contributed by atoms with Gasteiger partial charge in [0.05, 0.1) is 33.4 Å². The van der Waals surface area contributed by atoms with Gasteiger partial charge in [0, 0.05) is 39.9 Å². The van der Waals surface area contributed by atoms with Crippen molar-refractivity contribution in [2.75, 3.05) is 0 Å². The zero-order valence-electron chi connectivity index (χ0n) is 30.2. The van der Waals surface area contributed by atoms with Crippen molar-refractivity contribution in [2.24, 2.45) is 0 Å². The first-order valence-electron chi connectivity index (χ1n) is 18.3. The summed E-state index contributed by atoms with van der Waals surface area (Å²) in [6.07, 6.45) is 0. The van der Waals surface area contributed by atoms with Crippen molar-refractivity contribution in [3.8, 4) is 68.3 Å². The first-order chi connectivity index (χ1) is 28.3. The largest absolute Gasteiger partial charge is 0.292 e. The smallest absolute Gasteiger partial charge is 0.164 e. The minimum Gasteiger partial charge on any atom is -0.292 e. The van der Waals surface area contributed by atoms with Crippen molar-refractivity contribution in [3.05, 3.63) is 187 Å². The number of benzene rings is 7. The van der Waals surface area contributed by atoms with E-state index < -0.39 is 23.3 Å². The molecular weight excluding hydrogens is 739 g/mol. The van der Waals surface area contributed by atoms with Crippen LogP contribution in [-0.4, -0.2) is 34.1 Å². The number of imidazole rings is 2. The van der Waals surface area contributed by atoms with E-state index in [1.165, 1.54) is 24.3 Å². The van der Waals surface area contributed by atoms with Crippen LogP contribution in [0.3, 0.4) is 0 Å². The Labute approximate surface area is 328 Å². The molecule has 0 saturated carbocycles. The van der Waals surface area contributed by atoms with Gasteiger partial charge in [-0.3, -0.25) is 9.13 Å². The molecule has 10 rings (SSSR count). The summed E-state index contributed by atoms with van der Waals surface area (Å²) in [7, 11) is 0. The predicted octanol–water partition coefficient (Wildman–Crippen LogP) is 11.4. The highest BCUT2D eigenvalue weighted by Crippen LogP contribution is 2.34. The molecule has 58 heavy (non-hydrogen) atoms. The van der Waals surface area contributed by atoms with E-state index in [0.717, 1.165) is 17.7 Å². The maximum absolute atomic E-state index is 14.6. The number of hydrogen-bond acceptors (Lipinski definition) is 5. The Bertz CT molecular complexity index is 2960. The fourth-order valence-corrected chi connectivity index (χ4v) is 7.24. The Morgan fingerprint density at radius 2 is 0.672 bits per heavy atom. The van der Waals surface area contributed by atoms with E-state index in [1.807, 2.05) is 127 Å². The molecule has 0 amide bonds. The van der Waals surface area contributed by atoms with Gasteiger partial charge in [-0.15, -0.1) is 0 Å². The normalized spacial score (nSPS) is 11.4. The van der Waals surface area contributed by atoms with E-state index in [0.29, 0.717) is 73.4 Å². The van der Waals surface area contributed by atoms with Crippen molar-refractivity contribution in [1.29, 1.82) is 0 Å². The molecule has 0 aliphatic carbocycles. The summed E-state index contributed by atoms with van der Waals surface area (Å²) >= 11 is 0. The summed E-state index contributed by atoms with van der Waals surface area (Å²) in [4.78, 5) is 24.6. The molecule has 11 heteroatoms. The lowest BCUT2D eigenvalue weighted by Gasteiger charge is -2.13. The minimum atomic E-state index is -0.706. The summed E-state index contributed by atoms with van der Waals surface area (Å²) in [5.74, 6) is -0.701. The summed E-state index contributed by atoms with van der Waals surface area (Å²) in [6, 6.07) is 46.1. The molecule has 0 aliphatic rings. The third-order valence-electron chi connectivity index (χ3n) is 9.76. The standard InChI is InChI=1S/C47H27F4N7/c48-33-22-34(49)25-37(24-33)57-41-18-6-4-16-39(41)52-46(57)31-14-8-12-29(20-31)44-54-43(28-10-2-1-3-11-28)55-45(56-44)30-13-9-15-32(21-30)47-53-40-17-5-7-19-42(40)58(47)38-26-35(50)23-36(51)27-38/h1-27H. The van der Waals surface area contributed by atoms with Gasteiger partial charge in [-0.2, -0.15) is 0 Å². The first-order valence-corrected chi connectivity index (χ1v) is 18.3. The molecular formula is C47H27F4N7. The van der Waals surface area contributed by atoms with Crippen molar-refractivity contribution in [3.63, 3.8) is 0 Å². The van der Waals surface area contributed by atoms with Gasteiger partial charge in [0.1, 0.15) is 34.9 Å². The van der Waals surface area contributed by atoms with Crippen molar-refractivity contribution in [1.82, 2.24) is 34.1 Å². The number of para-hydroxylation sites is 4. The van der Waals surface area contributed by atoms with E-state index >= 15 is 0 Å². The van der Waals surface area contributed by atoms with Gasteiger partial charge < -0.3 is 0 Å². The minimum absolute atomic E-state index is 0.288. The molecule has 0 unspecified atom stereocenters. The quantitative estimate of drug-likeness (QED) is 0.151. The second-order valence-electron chi connectivity index (χ2n) is 13.6. The van der Waals surface area contributed by atoms with Crippen LogP contribution in [0.4, 0.5) is 17.6 Å². The molecule has 3 aromatic heterocycles. The van der Waals surface area contributed by atoms with E-state index in [1.54, 1.807) is 9.13 Å². The molecule has 0 radical (unpaired) electrons. The molecule has 278 valence electrons. The second kappa shape index (κ2) is 14.1. The van der Waals surface area contributed by atoms with Gasteiger partial charge >= 0.3 is 0 Å². The Balaban J connectivity index is 1.13. The van der Waals surface area contributed by atoms with E-state index in [4.69, 9.17) is 24.9 Å². The van der Waals surface area contributed by atoms with Crippen LogP contribution in [0, 0.1) is 23.3 Å². The van der Waals surface area contributed by atoms with Gasteiger partial charge in [-0.05, 0) is 60.7 Å². The number of fused-ring (bicyclic) bond motifs is 2. The monoisotopic (exact) mass is 765 g/mol. The van der Waals surface area contributed by atoms with Crippen molar-refractivity contribution >= 4 is 22.1 Å². The SMILES string of the molecule is Fc1cc(F)cc(-n2c(-c3cccc(-c4nc(-c5ccccc5)nc(-c5cccc(-c6nc7ccccc7n6-c6cc(F)cc(F)c6)c5)n4)c3)nc3ccccc32)c1. The Morgan fingerprint density at radius 3 is 1.12 bits per heavy atom. The van der Waals surface area contributed by atoms with Crippen molar-refractivity contribution in [2.45, 2.75) is 0 Å². The molecule has 0 atom stereocenters. The topological polar surface area (TPSA) is 74.3 Å². The van der Waals surface area contributed by atoms with Crippen LogP contribution < -0.4 is 0 Å². The van der Waals surface area contributed by atoms with Crippen LogP contribution in [-0.2, 0) is 0 Å². The van der Waals surface area contributed by atoms with Crippen LogP contribution in [0.15, 0.2) is 164 Å². The summed E-state index contributed by atoms with van der Waals surface area (Å²) < 4.78 is 61.7. The Morgan fingerprint density at radius 1 is 0.310 bits per heavy atom. The fourth-order valence-electron chi connectivity index (χ4n) is 7.24. The molecule has 7 nitrogen and oxygen atoms in total. The summed E-state index contributed by atoms with van der Waals surface area (Å²) in [6.45, 7) is 0. The average Bonchev–Trinajstić information content (AvgIpc) is 3.83. The molecule has 0 bridgehead atoms. The highest BCUT2D eigenvalue weighted by atomic mass is 19.1. The third kappa shape index (κ3) is 6.34. The van der Waals surface area contributed by atoms with Crippen LogP contribution in [0.1, 0.15) is 0 Å². The van der Waals surface area contributed by atoms with Crippen LogP contribution >= 0.6 is 0 Å². The van der Waals surface area contributed by atoms with Crippen LogP contribution in [0.2, 0.25) is 0 Å². The average molecular weight is 766 g/mol. The van der Waals surface area contributed by atoms with E-state index in [9.17, 15) is 17.6 Å². The molecule has 0 aliphatic heterocycles. The Kier molecular flexibility index (Phi) is 8.40. The van der Waals surface area contributed by atoms with E-state index in [-0.39, 0.29) is 11.4 Å². The van der Waals surface area contributed by atoms with Crippen LogP contribution in [0.5, 0.6) is 0 Å². The summed E-state index contributed by atoms with van der Waals surface area (Å²) in [5.41, 5.74) is 6.62. The van der Waals surface area contributed by atoms with Crippen LogP contribution in [0.25, 0.3) is 90.4 Å². The first kappa shape index (κ1) is 34.7. The van der Waals surface area contributed by atoms with Crippen molar-refractivity contribution < 1.29 is 17.6 Å². The lowest BCUT2D eigenvalue weighted by Crippen LogP contribution is -2.02. The highest BCUT2D eigenvalue weighted by molar-refractivity contribution is 5.85. The number of nitrogens with zero attached hydrogens (tertiary/aromatic N) is 7. The molecule has 0 saturated heterocycles. The zero-order valence-corrected chi connectivity index (χ0v) is 30.2. The molecule has 10 aromatic rings. The molecule has 0 N–H and O–H groups in total. The molecule has 3 heterocycles. The number of rotatable bonds is 7. The summed E-state index contributed by atoms with van der Waals surface area (Å²) in [5, 5.41) is 0. The lowest BCUT2D eigenvalue weighted by atomic mass is 10.1. The number of aromatic nitrogens is 7. The van der Waals surface area contributed by atoms with Gasteiger partial charge in [0.2, 0.25) is 0 Å². The zero-order chi connectivity index (χ0) is 39.3. The second-order valence-corrected chi connectivity index (χ2v) is 13.6. The maximum atomic E-state index is 14.6. The number of halogens is 4. The number of hydrogen-bond donors (Lipinski definition) is 0. The van der Waals surface area contributed by atoms with Gasteiger partial charge in [0.15, 0.2) is 17.5 Å². The molecule has 0 fully saturated rings. The molecule has 7 aromatic carbocycles. The Hall–Kier alpha value is -7.79. The van der Waals surface area contributed by atoms with E-state index in [2.05, 4.69) is 0 Å².